The molecule has 0 N–H and O–H groups in total. The number of hydrogen-bond acceptors (Lipinski definition) is 3. The van der Waals surface area contributed by atoms with E-state index in [4.69, 9.17) is 0 Å². The molecule has 2 heterocycles. The second-order valence-electron chi connectivity index (χ2n) is 7.90. The van der Waals surface area contributed by atoms with Crippen LogP contribution in [0, 0.1) is 5.82 Å². The summed E-state index contributed by atoms with van der Waals surface area (Å²) in [4.78, 5) is 15.2. The van der Waals surface area contributed by atoms with Crippen LogP contribution in [0.25, 0.3) is 5.57 Å². The number of carbonyl (C=O) groups excluding carboxylic acids is 1. The highest BCUT2D eigenvalue weighted by Crippen LogP contribution is 2.43. The van der Waals surface area contributed by atoms with Crippen LogP contribution >= 0.6 is 11.8 Å². The van der Waals surface area contributed by atoms with Gasteiger partial charge in [-0.1, -0.05) is 36.8 Å². The molecule has 0 bridgehead atoms. The van der Waals surface area contributed by atoms with E-state index in [2.05, 4.69) is 29.2 Å². The number of rotatable bonds is 5. The predicted octanol–water partition coefficient (Wildman–Crippen LogP) is 6.09. The van der Waals surface area contributed by atoms with Crippen LogP contribution in [0.4, 0.5) is 4.39 Å². The third-order valence-electron chi connectivity index (χ3n) is 6.02. The van der Waals surface area contributed by atoms with Crippen molar-refractivity contribution in [3.05, 3.63) is 70.5 Å². The molecule has 2 aromatic carbocycles. The van der Waals surface area contributed by atoms with Crippen molar-refractivity contribution in [2.24, 2.45) is 0 Å². The van der Waals surface area contributed by atoms with Gasteiger partial charge in [0.1, 0.15) is 11.6 Å². The molecule has 4 rings (SSSR count). The number of hydrogen-bond donors (Lipinski definition) is 0. The van der Waals surface area contributed by atoms with Crippen LogP contribution in [0.5, 0.6) is 0 Å². The van der Waals surface area contributed by atoms with Gasteiger partial charge in [0.2, 0.25) is 0 Å². The molecule has 0 unspecified atom stereocenters. The molecular formula is C25H28FNOS. The molecule has 2 aromatic rings. The number of nitrogens with zero attached hydrogens (tertiary/aromatic N) is 1. The Morgan fingerprint density at radius 2 is 1.90 bits per heavy atom. The second-order valence-corrected chi connectivity index (χ2v) is 8.92. The predicted molar refractivity (Wildman–Crippen MR) is 119 cm³/mol. The molecule has 0 radical (unpaired) electrons. The van der Waals surface area contributed by atoms with E-state index in [1.165, 1.54) is 27.2 Å². The molecule has 2 aliphatic heterocycles. The van der Waals surface area contributed by atoms with Crippen molar-refractivity contribution in [1.29, 1.82) is 0 Å². The molecule has 2 nitrogen and oxygen atoms in total. The first kappa shape index (κ1) is 20.4. The van der Waals surface area contributed by atoms with Gasteiger partial charge in [-0.05, 0) is 66.3 Å². The number of fused-ring (bicyclic) bond motifs is 2. The topological polar surface area (TPSA) is 20.3 Å². The summed E-state index contributed by atoms with van der Waals surface area (Å²) in [6.07, 6.45) is 4.30. The lowest BCUT2D eigenvalue weighted by molar-refractivity contribution is -0.118. The summed E-state index contributed by atoms with van der Waals surface area (Å²) in [5.74, 6) is 1.11. The second kappa shape index (κ2) is 9.27. The fourth-order valence-electron chi connectivity index (χ4n) is 4.37. The lowest BCUT2D eigenvalue weighted by Gasteiger charge is -2.30. The fraction of sp³-hybridized carbons (Fsp3) is 0.400. The lowest BCUT2D eigenvalue weighted by Crippen LogP contribution is -2.32. The van der Waals surface area contributed by atoms with Gasteiger partial charge in [0, 0.05) is 36.6 Å². The van der Waals surface area contributed by atoms with Gasteiger partial charge in [0.05, 0.1) is 0 Å². The minimum Gasteiger partial charge on any atom is -0.303 e. The molecule has 29 heavy (non-hydrogen) atoms. The number of Topliss-reactive ketones (excluding diaryl/α,β-unsaturated/α-hetero) is 1. The van der Waals surface area contributed by atoms with E-state index in [0.29, 0.717) is 18.6 Å². The SMILES string of the molecule is CCC(=O)CCCN1CCC(=C2c3ccccc3CSc3ccc(F)cc32)CC1. The van der Waals surface area contributed by atoms with Gasteiger partial charge in [-0.2, -0.15) is 0 Å². The Morgan fingerprint density at radius 1 is 1.10 bits per heavy atom. The molecule has 0 amide bonds. The quantitative estimate of drug-likeness (QED) is 0.596. The van der Waals surface area contributed by atoms with Crippen LogP contribution in [-0.2, 0) is 10.5 Å². The number of likely N-dealkylation sites (tertiary alicyclic amines) is 1. The van der Waals surface area contributed by atoms with Gasteiger partial charge >= 0.3 is 0 Å². The van der Waals surface area contributed by atoms with E-state index >= 15 is 0 Å². The molecule has 1 saturated heterocycles. The van der Waals surface area contributed by atoms with E-state index in [1.54, 1.807) is 23.9 Å². The maximum absolute atomic E-state index is 14.2. The molecule has 0 aliphatic carbocycles. The first-order chi connectivity index (χ1) is 14.2. The smallest absolute Gasteiger partial charge is 0.132 e. The van der Waals surface area contributed by atoms with Crippen molar-refractivity contribution in [3.8, 4) is 0 Å². The maximum Gasteiger partial charge on any atom is 0.132 e. The molecule has 0 saturated carbocycles. The zero-order valence-corrected chi connectivity index (χ0v) is 17.9. The summed E-state index contributed by atoms with van der Waals surface area (Å²) in [6, 6.07) is 13.8. The monoisotopic (exact) mass is 409 g/mol. The van der Waals surface area contributed by atoms with Crippen LogP contribution in [-0.4, -0.2) is 30.3 Å². The van der Waals surface area contributed by atoms with Crippen molar-refractivity contribution in [2.45, 2.75) is 49.7 Å². The van der Waals surface area contributed by atoms with Gasteiger partial charge in [-0.3, -0.25) is 4.79 Å². The Kier molecular flexibility index (Phi) is 6.51. The minimum absolute atomic E-state index is 0.167. The van der Waals surface area contributed by atoms with Gasteiger partial charge in [0.15, 0.2) is 0 Å². The fourth-order valence-corrected chi connectivity index (χ4v) is 5.41. The molecule has 152 valence electrons. The zero-order valence-electron chi connectivity index (χ0n) is 17.0. The average molecular weight is 410 g/mol. The third kappa shape index (κ3) is 4.65. The molecule has 0 atom stereocenters. The van der Waals surface area contributed by atoms with Crippen molar-refractivity contribution in [1.82, 2.24) is 4.90 Å². The number of piperidine rings is 1. The molecule has 1 fully saturated rings. The number of benzene rings is 2. The third-order valence-corrected chi connectivity index (χ3v) is 7.14. The van der Waals surface area contributed by atoms with Gasteiger partial charge in [0.25, 0.3) is 0 Å². The van der Waals surface area contributed by atoms with E-state index < -0.39 is 0 Å². The summed E-state index contributed by atoms with van der Waals surface area (Å²) < 4.78 is 14.2. The Bertz CT molecular complexity index is 926. The first-order valence-corrected chi connectivity index (χ1v) is 11.6. The van der Waals surface area contributed by atoms with E-state index in [9.17, 15) is 9.18 Å². The average Bonchev–Trinajstić information content (AvgIpc) is 2.90. The number of halogens is 1. The highest BCUT2D eigenvalue weighted by molar-refractivity contribution is 7.98. The number of carbonyl (C=O) groups is 1. The molecule has 0 spiro atoms. The summed E-state index contributed by atoms with van der Waals surface area (Å²) >= 11 is 1.80. The Morgan fingerprint density at radius 3 is 2.69 bits per heavy atom. The summed E-state index contributed by atoms with van der Waals surface area (Å²) in [5, 5.41) is 0. The van der Waals surface area contributed by atoms with E-state index in [1.807, 2.05) is 13.0 Å². The first-order valence-electron chi connectivity index (χ1n) is 10.6. The highest BCUT2D eigenvalue weighted by Gasteiger charge is 2.24. The van der Waals surface area contributed by atoms with Crippen molar-refractivity contribution in [3.63, 3.8) is 0 Å². The van der Waals surface area contributed by atoms with Crippen molar-refractivity contribution in [2.75, 3.05) is 19.6 Å². The lowest BCUT2D eigenvalue weighted by atomic mass is 9.86. The van der Waals surface area contributed by atoms with Gasteiger partial charge in [-0.15, -0.1) is 11.8 Å². The molecular weight excluding hydrogens is 381 g/mol. The summed E-state index contributed by atoms with van der Waals surface area (Å²) in [7, 11) is 0. The molecule has 0 aromatic heterocycles. The van der Waals surface area contributed by atoms with Crippen LogP contribution in [0.15, 0.2) is 52.9 Å². The van der Waals surface area contributed by atoms with Crippen LogP contribution in [0.2, 0.25) is 0 Å². The standard InChI is InChI=1S/C25H28FNOS/c1-2-21(28)7-5-13-27-14-11-18(12-15-27)25-22-8-4-3-6-19(22)17-29-24-10-9-20(26)16-23(24)25/h3-4,6,8-10,16H,2,5,7,11-15,17H2,1H3. The van der Waals surface area contributed by atoms with E-state index in [-0.39, 0.29) is 5.82 Å². The molecule has 2 aliphatic rings. The number of thioether (sulfide) groups is 1. The Labute approximate surface area is 177 Å². The highest BCUT2D eigenvalue weighted by atomic mass is 32.2. The Balaban J connectivity index is 1.60. The van der Waals surface area contributed by atoms with Gasteiger partial charge < -0.3 is 4.90 Å². The van der Waals surface area contributed by atoms with Crippen LogP contribution in [0.1, 0.15) is 55.7 Å². The number of ketones is 1. The normalized spacial score (nSPS) is 16.9. The maximum atomic E-state index is 14.2. The summed E-state index contributed by atoms with van der Waals surface area (Å²) in [6.45, 7) is 4.95. The van der Waals surface area contributed by atoms with Crippen LogP contribution < -0.4 is 0 Å². The zero-order chi connectivity index (χ0) is 20.2. The Hall–Kier alpha value is -1.91. The minimum atomic E-state index is -0.167. The van der Waals surface area contributed by atoms with Crippen LogP contribution in [0.3, 0.4) is 0 Å². The van der Waals surface area contributed by atoms with Crippen molar-refractivity contribution < 1.29 is 9.18 Å². The molecule has 4 heteroatoms. The largest absolute Gasteiger partial charge is 0.303 e. The van der Waals surface area contributed by atoms with Gasteiger partial charge in [-0.25, -0.2) is 4.39 Å². The summed E-state index contributed by atoms with van der Waals surface area (Å²) in [5.41, 5.74) is 6.34. The van der Waals surface area contributed by atoms with E-state index in [0.717, 1.165) is 50.2 Å². The van der Waals surface area contributed by atoms with Crippen molar-refractivity contribution >= 4 is 23.1 Å².